The molecule has 2 aromatic rings. The first kappa shape index (κ1) is 18.9. The summed E-state index contributed by atoms with van der Waals surface area (Å²) >= 11 is 1.41. The highest BCUT2D eigenvalue weighted by molar-refractivity contribution is 7.16. The highest BCUT2D eigenvalue weighted by atomic mass is 32.1. The zero-order valence-corrected chi connectivity index (χ0v) is 16.7. The Bertz CT molecular complexity index is 898. The van der Waals surface area contributed by atoms with E-state index in [2.05, 4.69) is 9.98 Å². The maximum Gasteiger partial charge on any atom is 0.363 e. The highest BCUT2D eigenvalue weighted by Gasteiger charge is 2.25. The molecule has 1 aromatic heterocycles. The fourth-order valence-corrected chi connectivity index (χ4v) is 3.24. The summed E-state index contributed by atoms with van der Waals surface area (Å²) in [4.78, 5) is 23.5. The Balaban J connectivity index is 1.87. The zero-order valence-electron chi connectivity index (χ0n) is 15.8. The quantitative estimate of drug-likeness (QED) is 0.559. The van der Waals surface area contributed by atoms with E-state index in [1.807, 2.05) is 57.1 Å². The van der Waals surface area contributed by atoms with Gasteiger partial charge in [0.1, 0.15) is 5.75 Å². The Kier molecular flexibility index (Phi) is 5.46. The maximum absolute atomic E-state index is 12.2. The van der Waals surface area contributed by atoms with Crippen LogP contribution in [0.4, 0.5) is 5.13 Å². The number of esters is 1. The molecule has 0 aliphatic carbocycles. The van der Waals surface area contributed by atoms with Crippen LogP contribution in [0.15, 0.2) is 35.0 Å². The molecule has 0 radical (unpaired) electrons. The number of nitrogens with zero attached hydrogens (tertiary/aromatic N) is 3. The van der Waals surface area contributed by atoms with Gasteiger partial charge in [-0.25, -0.2) is 9.79 Å². The number of aromatic nitrogens is 1. The predicted octanol–water partition coefficient (Wildman–Crippen LogP) is 3.35. The number of thiazole rings is 1. The monoisotopic (exact) mass is 387 g/mol. The van der Waals surface area contributed by atoms with E-state index in [1.54, 1.807) is 13.2 Å². The number of rotatable bonds is 6. The molecule has 0 fully saturated rings. The Labute approximate surface area is 161 Å². The van der Waals surface area contributed by atoms with Gasteiger partial charge in [-0.1, -0.05) is 11.3 Å². The summed E-state index contributed by atoms with van der Waals surface area (Å²) in [5.41, 5.74) is 0.910. The van der Waals surface area contributed by atoms with Crippen LogP contribution in [0.5, 0.6) is 11.6 Å². The van der Waals surface area contributed by atoms with Crippen LogP contribution >= 0.6 is 11.3 Å². The van der Waals surface area contributed by atoms with Crippen molar-refractivity contribution < 1.29 is 19.0 Å². The summed E-state index contributed by atoms with van der Waals surface area (Å²) in [6.07, 6.45) is 1.73. The number of carbonyl (C=O) groups is 1. The first-order valence-electron chi connectivity index (χ1n) is 8.39. The van der Waals surface area contributed by atoms with Crippen molar-refractivity contribution in [1.29, 1.82) is 0 Å². The van der Waals surface area contributed by atoms with Gasteiger partial charge in [-0.2, -0.15) is 4.98 Å². The van der Waals surface area contributed by atoms with Crippen LogP contribution in [-0.2, 0) is 9.53 Å². The Morgan fingerprint density at radius 3 is 2.52 bits per heavy atom. The van der Waals surface area contributed by atoms with Crippen molar-refractivity contribution in [3.8, 4) is 11.6 Å². The molecule has 0 atom stereocenters. The molecule has 0 saturated carbocycles. The van der Waals surface area contributed by atoms with Crippen LogP contribution < -0.4 is 14.4 Å². The summed E-state index contributed by atoms with van der Waals surface area (Å²) in [5, 5.41) is 0.773. The van der Waals surface area contributed by atoms with Gasteiger partial charge in [0.2, 0.25) is 11.8 Å². The van der Waals surface area contributed by atoms with E-state index < -0.39 is 5.97 Å². The number of hydrogen-bond donors (Lipinski definition) is 0. The average molecular weight is 387 g/mol. The molecule has 3 rings (SSSR count). The van der Waals surface area contributed by atoms with E-state index >= 15 is 0 Å². The van der Waals surface area contributed by atoms with E-state index in [4.69, 9.17) is 14.2 Å². The number of methoxy groups -OCH3 is 1. The van der Waals surface area contributed by atoms with Crippen molar-refractivity contribution in [2.75, 3.05) is 26.1 Å². The van der Waals surface area contributed by atoms with E-state index in [0.717, 1.165) is 10.9 Å². The normalized spacial score (nSPS) is 15.1. The molecule has 0 amide bonds. The lowest BCUT2D eigenvalue weighted by Crippen LogP contribution is -2.07. The van der Waals surface area contributed by atoms with Gasteiger partial charge < -0.3 is 19.1 Å². The molecule has 1 aromatic carbocycles. The van der Waals surface area contributed by atoms with Crippen molar-refractivity contribution in [3.63, 3.8) is 0 Å². The molecule has 0 spiro atoms. The molecule has 0 bridgehead atoms. The van der Waals surface area contributed by atoms with Crippen molar-refractivity contribution in [2.45, 2.75) is 20.0 Å². The third-order valence-electron chi connectivity index (χ3n) is 3.55. The third-order valence-corrected chi connectivity index (χ3v) is 4.70. The minimum atomic E-state index is -0.505. The molecule has 0 unspecified atom stereocenters. The van der Waals surface area contributed by atoms with Crippen LogP contribution in [0, 0.1) is 0 Å². The Hall–Kier alpha value is -2.87. The largest absolute Gasteiger partial charge is 0.491 e. The summed E-state index contributed by atoms with van der Waals surface area (Å²) in [6.45, 7) is 3.92. The van der Waals surface area contributed by atoms with Crippen molar-refractivity contribution in [1.82, 2.24) is 4.98 Å². The van der Waals surface area contributed by atoms with Gasteiger partial charge >= 0.3 is 5.97 Å². The van der Waals surface area contributed by atoms with E-state index in [1.165, 1.54) is 11.3 Å². The van der Waals surface area contributed by atoms with Gasteiger partial charge in [0.25, 0.3) is 0 Å². The third kappa shape index (κ3) is 4.28. The second-order valence-electron chi connectivity index (χ2n) is 6.29. The van der Waals surface area contributed by atoms with Crippen molar-refractivity contribution >= 4 is 34.4 Å². The van der Waals surface area contributed by atoms with E-state index in [9.17, 15) is 4.79 Å². The summed E-state index contributed by atoms with van der Waals surface area (Å²) < 4.78 is 16.2. The van der Waals surface area contributed by atoms with Crippen molar-refractivity contribution in [2.24, 2.45) is 4.99 Å². The van der Waals surface area contributed by atoms with Crippen LogP contribution in [-0.4, -0.2) is 44.2 Å². The van der Waals surface area contributed by atoms with Gasteiger partial charge in [-0.05, 0) is 44.2 Å². The SMILES string of the molecule is COc1nc(N(C)C)sc1C=C1N=C(c2ccc(OC(C)C)cc2)OC1=O. The molecular weight excluding hydrogens is 366 g/mol. The number of aliphatic imine (C=N–C) groups is 1. The Morgan fingerprint density at radius 2 is 1.93 bits per heavy atom. The molecule has 1 aliphatic heterocycles. The minimum Gasteiger partial charge on any atom is -0.491 e. The molecule has 8 heteroatoms. The van der Waals surface area contributed by atoms with Crippen LogP contribution in [0.3, 0.4) is 0 Å². The standard InChI is InChI=1S/C19H21N3O4S/c1-11(2)25-13-8-6-12(7-9-13)16-20-14(18(23)26-16)10-15-17(24-5)21-19(27-15)22(3)4/h6-11H,1-5H3. The molecule has 1 aliphatic rings. The number of cyclic esters (lactones) is 1. The number of carbonyl (C=O) groups excluding carboxylic acids is 1. The Morgan fingerprint density at radius 1 is 1.22 bits per heavy atom. The molecular formula is C19H21N3O4S. The fraction of sp³-hybridized carbons (Fsp3) is 0.316. The highest BCUT2D eigenvalue weighted by Crippen LogP contribution is 2.33. The summed E-state index contributed by atoms with van der Waals surface area (Å²) in [6, 6.07) is 7.26. The fourth-order valence-electron chi connectivity index (χ4n) is 2.34. The lowest BCUT2D eigenvalue weighted by atomic mass is 10.2. The average Bonchev–Trinajstić information content (AvgIpc) is 3.19. The lowest BCUT2D eigenvalue weighted by molar-refractivity contribution is -0.129. The van der Waals surface area contributed by atoms with Gasteiger partial charge in [-0.15, -0.1) is 0 Å². The van der Waals surface area contributed by atoms with Gasteiger partial charge in [0, 0.05) is 19.7 Å². The number of hydrogen-bond acceptors (Lipinski definition) is 8. The number of anilines is 1. The lowest BCUT2D eigenvalue weighted by Gasteiger charge is -2.09. The van der Waals surface area contributed by atoms with E-state index in [-0.39, 0.29) is 17.7 Å². The zero-order chi connectivity index (χ0) is 19.6. The second-order valence-corrected chi connectivity index (χ2v) is 7.30. The number of benzene rings is 1. The van der Waals surface area contributed by atoms with Crippen LogP contribution in [0.2, 0.25) is 0 Å². The second kappa shape index (κ2) is 7.79. The molecule has 27 heavy (non-hydrogen) atoms. The first-order chi connectivity index (χ1) is 12.9. The van der Waals surface area contributed by atoms with Gasteiger partial charge in [0.05, 0.1) is 18.1 Å². The minimum absolute atomic E-state index is 0.0912. The van der Waals surface area contributed by atoms with Crippen molar-refractivity contribution in [3.05, 3.63) is 40.4 Å². The molecule has 142 valence electrons. The van der Waals surface area contributed by atoms with Crippen LogP contribution in [0.25, 0.3) is 6.08 Å². The molecule has 0 saturated heterocycles. The first-order valence-corrected chi connectivity index (χ1v) is 9.21. The van der Waals surface area contributed by atoms with E-state index in [0.29, 0.717) is 16.3 Å². The maximum atomic E-state index is 12.2. The van der Waals surface area contributed by atoms with Gasteiger partial charge in [0.15, 0.2) is 10.8 Å². The smallest absolute Gasteiger partial charge is 0.363 e. The molecule has 7 nitrogen and oxygen atoms in total. The topological polar surface area (TPSA) is 73.2 Å². The summed E-state index contributed by atoms with van der Waals surface area (Å²) in [5.74, 6) is 0.955. The number of ether oxygens (including phenoxy) is 3. The van der Waals surface area contributed by atoms with Crippen LogP contribution in [0.1, 0.15) is 24.3 Å². The van der Waals surface area contributed by atoms with Gasteiger partial charge in [-0.3, -0.25) is 0 Å². The summed E-state index contributed by atoms with van der Waals surface area (Å²) in [7, 11) is 5.32. The predicted molar refractivity (Wildman–Crippen MR) is 106 cm³/mol. The molecule has 0 N–H and O–H groups in total. The molecule has 2 heterocycles.